The third kappa shape index (κ3) is 2.74. The molecule has 0 radical (unpaired) electrons. The molecule has 0 saturated carbocycles. The molecule has 15 heavy (non-hydrogen) atoms. The molecule has 0 amide bonds. The minimum atomic E-state index is -4.37. The molecular weight excluding hydrogens is 211 g/mol. The van der Waals surface area contributed by atoms with Gasteiger partial charge in [-0.25, -0.2) is 0 Å². The van der Waals surface area contributed by atoms with Gasteiger partial charge in [0.05, 0.1) is 5.69 Å². The number of aromatic hydroxyl groups is 1. The zero-order valence-electron chi connectivity index (χ0n) is 8.01. The molecule has 0 fully saturated rings. The van der Waals surface area contributed by atoms with E-state index >= 15 is 0 Å². The van der Waals surface area contributed by atoms with Gasteiger partial charge in [0.15, 0.2) is 5.75 Å². The van der Waals surface area contributed by atoms with Crippen LogP contribution in [0.15, 0.2) is 17.1 Å². The number of alkyl halides is 3. The maximum atomic E-state index is 12.1. The molecule has 84 valence electrons. The molecule has 1 rings (SSSR count). The summed E-state index contributed by atoms with van der Waals surface area (Å²) in [7, 11) is 0. The van der Waals surface area contributed by atoms with Gasteiger partial charge in [-0.15, -0.1) is 0 Å². The number of halogens is 3. The lowest BCUT2D eigenvalue weighted by Crippen LogP contribution is -2.22. The van der Waals surface area contributed by atoms with Crippen LogP contribution in [0.4, 0.5) is 13.2 Å². The van der Waals surface area contributed by atoms with E-state index in [-0.39, 0.29) is 12.1 Å². The highest BCUT2D eigenvalue weighted by Crippen LogP contribution is 2.20. The Hall–Kier alpha value is -1.46. The molecule has 1 N–H and O–H groups in total. The molecule has 0 aliphatic heterocycles. The van der Waals surface area contributed by atoms with E-state index in [2.05, 4.69) is 0 Å². The third-order valence-electron chi connectivity index (χ3n) is 1.94. The van der Waals surface area contributed by atoms with Crippen molar-refractivity contribution in [3.63, 3.8) is 0 Å². The first-order valence-electron chi connectivity index (χ1n) is 4.33. The molecule has 0 unspecified atom stereocenters. The number of rotatable bonds is 2. The van der Waals surface area contributed by atoms with Crippen molar-refractivity contribution in [3.8, 4) is 5.75 Å². The van der Waals surface area contributed by atoms with Crippen molar-refractivity contribution in [2.24, 2.45) is 0 Å². The molecule has 6 heteroatoms. The molecular formula is C9H10F3NO2. The van der Waals surface area contributed by atoms with Gasteiger partial charge in [0.25, 0.3) is 0 Å². The van der Waals surface area contributed by atoms with Crippen LogP contribution in [0, 0.1) is 0 Å². The fourth-order valence-corrected chi connectivity index (χ4v) is 1.32. The SMILES string of the molecule is CCc1c(O)c(=O)ccn1CC(F)(F)F. The molecule has 0 bridgehead atoms. The van der Waals surface area contributed by atoms with Crippen LogP contribution in [0.2, 0.25) is 0 Å². The van der Waals surface area contributed by atoms with E-state index in [1.54, 1.807) is 6.92 Å². The second-order valence-electron chi connectivity index (χ2n) is 3.07. The second-order valence-corrected chi connectivity index (χ2v) is 3.07. The summed E-state index contributed by atoms with van der Waals surface area (Å²) < 4.78 is 37.2. The maximum absolute atomic E-state index is 12.1. The van der Waals surface area contributed by atoms with Crippen LogP contribution in [0.25, 0.3) is 0 Å². The van der Waals surface area contributed by atoms with Crippen molar-refractivity contribution in [1.82, 2.24) is 4.57 Å². The first kappa shape index (κ1) is 11.6. The average Bonchev–Trinajstić information content (AvgIpc) is 2.10. The van der Waals surface area contributed by atoms with Crippen LogP contribution in [-0.4, -0.2) is 15.8 Å². The Labute approximate surface area is 83.8 Å². The van der Waals surface area contributed by atoms with Crippen LogP contribution in [-0.2, 0) is 13.0 Å². The van der Waals surface area contributed by atoms with E-state index < -0.39 is 23.9 Å². The van der Waals surface area contributed by atoms with Crippen LogP contribution < -0.4 is 5.43 Å². The molecule has 0 saturated heterocycles. The van der Waals surface area contributed by atoms with Crippen molar-refractivity contribution in [2.75, 3.05) is 0 Å². The van der Waals surface area contributed by atoms with Crippen molar-refractivity contribution in [2.45, 2.75) is 26.1 Å². The lowest BCUT2D eigenvalue weighted by molar-refractivity contribution is -0.141. The van der Waals surface area contributed by atoms with Crippen molar-refractivity contribution in [1.29, 1.82) is 0 Å². The summed E-state index contributed by atoms with van der Waals surface area (Å²) in [4.78, 5) is 11.0. The number of aromatic nitrogens is 1. The molecule has 0 aromatic carbocycles. The predicted octanol–water partition coefficient (Wildman–Crippen LogP) is 1.68. The number of nitrogens with zero attached hydrogens (tertiary/aromatic N) is 1. The van der Waals surface area contributed by atoms with E-state index in [1.165, 1.54) is 0 Å². The zero-order chi connectivity index (χ0) is 11.6. The van der Waals surface area contributed by atoms with Crippen LogP contribution >= 0.6 is 0 Å². The lowest BCUT2D eigenvalue weighted by Gasteiger charge is -2.14. The Morgan fingerprint density at radius 3 is 2.53 bits per heavy atom. The maximum Gasteiger partial charge on any atom is 0.406 e. The van der Waals surface area contributed by atoms with Gasteiger partial charge >= 0.3 is 6.18 Å². The summed E-state index contributed by atoms with van der Waals surface area (Å²) in [5.41, 5.74) is -0.662. The van der Waals surface area contributed by atoms with Crippen molar-refractivity contribution in [3.05, 3.63) is 28.2 Å². The molecule has 1 heterocycles. The van der Waals surface area contributed by atoms with Crippen LogP contribution in [0.1, 0.15) is 12.6 Å². The second kappa shape index (κ2) is 3.96. The standard InChI is InChI=1S/C9H10F3NO2/c1-2-6-8(15)7(14)3-4-13(6)5-9(10,11)12/h3-4,15H,2,5H2,1H3. The molecule has 0 atom stereocenters. The van der Waals surface area contributed by atoms with Gasteiger partial charge in [-0.3, -0.25) is 4.79 Å². The van der Waals surface area contributed by atoms with Gasteiger partial charge in [0, 0.05) is 12.3 Å². The van der Waals surface area contributed by atoms with Crippen LogP contribution in [0.3, 0.4) is 0 Å². The van der Waals surface area contributed by atoms with E-state index in [9.17, 15) is 23.1 Å². The van der Waals surface area contributed by atoms with E-state index in [0.29, 0.717) is 0 Å². The quantitative estimate of drug-likeness (QED) is 0.825. The summed E-state index contributed by atoms with van der Waals surface area (Å²) in [6.45, 7) is 0.366. The van der Waals surface area contributed by atoms with Crippen LogP contribution in [0.5, 0.6) is 5.75 Å². The first-order valence-corrected chi connectivity index (χ1v) is 4.33. The molecule has 0 aliphatic rings. The van der Waals surface area contributed by atoms with Gasteiger partial charge < -0.3 is 9.67 Å². The topological polar surface area (TPSA) is 42.2 Å². The fourth-order valence-electron chi connectivity index (χ4n) is 1.32. The molecule has 0 spiro atoms. The van der Waals surface area contributed by atoms with Gasteiger partial charge in [0.2, 0.25) is 5.43 Å². The number of hydrogen-bond donors (Lipinski definition) is 1. The summed E-state index contributed by atoms with van der Waals surface area (Å²) in [5.74, 6) is -0.607. The summed E-state index contributed by atoms with van der Waals surface area (Å²) in [6.07, 6.45) is -3.17. The Morgan fingerprint density at radius 1 is 1.47 bits per heavy atom. The smallest absolute Gasteiger partial charge is 0.406 e. The molecule has 1 aromatic rings. The lowest BCUT2D eigenvalue weighted by atomic mass is 10.2. The average molecular weight is 221 g/mol. The predicted molar refractivity (Wildman–Crippen MR) is 47.8 cm³/mol. The Balaban J connectivity index is 3.20. The largest absolute Gasteiger partial charge is 0.503 e. The van der Waals surface area contributed by atoms with Gasteiger partial charge in [0.1, 0.15) is 6.54 Å². The highest BCUT2D eigenvalue weighted by atomic mass is 19.4. The van der Waals surface area contributed by atoms with E-state index in [1.807, 2.05) is 0 Å². The third-order valence-corrected chi connectivity index (χ3v) is 1.94. The Bertz CT molecular complexity index is 409. The Kier molecular flexibility index (Phi) is 3.06. The summed E-state index contributed by atoms with van der Waals surface area (Å²) >= 11 is 0. The highest BCUT2D eigenvalue weighted by molar-refractivity contribution is 5.26. The summed E-state index contributed by atoms with van der Waals surface area (Å²) in [6, 6.07) is 0.917. The Morgan fingerprint density at radius 2 is 2.07 bits per heavy atom. The minimum absolute atomic E-state index is 0.000162. The zero-order valence-corrected chi connectivity index (χ0v) is 8.01. The van der Waals surface area contributed by atoms with Gasteiger partial charge in [-0.1, -0.05) is 6.92 Å². The van der Waals surface area contributed by atoms with E-state index in [4.69, 9.17) is 0 Å². The molecule has 0 aliphatic carbocycles. The fraction of sp³-hybridized carbons (Fsp3) is 0.444. The first-order chi connectivity index (χ1) is 6.85. The highest BCUT2D eigenvalue weighted by Gasteiger charge is 2.28. The molecule has 3 nitrogen and oxygen atoms in total. The van der Waals surface area contributed by atoms with E-state index in [0.717, 1.165) is 16.8 Å². The number of pyridine rings is 1. The number of hydrogen-bond acceptors (Lipinski definition) is 2. The monoisotopic (exact) mass is 221 g/mol. The molecule has 1 aromatic heterocycles. The van der Waals surface area contributed by atoms with Crippen molar-refractivity contribution >= 4 is 0 Å². The summed E-state index contributed by atoms with van der Waals surface area (Å²) in [5, 5.41) is 9.27. The van der Waals surface area contributed by atoms with Gasteiger partial charge in [-0.2, -0.15) is 13.2 Å². The van der Waals surface area contributed by atoms with Crippen molar-refractivity contribution < 1.29 is 18.3 Å². The minimum Gasteiger partial charge on any atom is -0.503 e. The van der Waals surface area contributed by atoms with Gasteiger partial charge in [-0.05, 0) is 6.42 Å². The normalized spacial score (nSPS) is 11.7.